The van der Waals surface area contributed by atoms with Gasteiger partial charge in [-0.3, -0.25) is 9.59 Å². The number of nitrogens with one attached hydrogen (secondary N) is 2. The number of ether oxygens (including phenoxy) is 1. The zero-order chi connectivity index (χ0) is 16.0. The number of hydrogen-bond donors (Lipinski definition) is 2. The molecule has 0 unspecified atom stereocenters. The predicted molar refractivity (Wildman–Crippen MR) is 84.1 cm³/mol. The predicted octanol–water partition coefficient (Wildman–Crippen LogP) is 3.23. The van der Waals surface area contributed by atoms with Crippen LogP contribution >= 0.6 is 11.6 Å². The highest BCUT2D eigenvalue weighted by molar-refractivity contribution is 6.34. The van der Waals surface area contributed by atoms with Crippen molar-refractivity contribution in [2.24, 2.45) is 0 Å². The zero-order valence-electron chi connectivity index (χ0n) is 12.7. The molecule has 0 bridgehead atoms. The van der Waals surface area contributed by atoms with Gasteiger partial charge in [0, 0.05) is 19.0 Å². The Hall–Kier alpha value is -1.75. The van der Waals surface area contributed by atoms with Crippen molar-refractivity contribution in [1.82, 2.24) is 5.32 Å². The SMILES string of the molecule is CCC[C@@H](C)NC(=O)c1cc(Cl)c(NC(C)=O)cc1OC. The highest BCUT2D eigenvalue weighted by Gasteiger charge is 2.17. The van der Waals surface area contributed by atoms with Crippen LogP contribution in [0.1, 0.15) is 44.0 Å². The summed E-state index contributed by atoms with van der Waals surface area (Å²) in [6.07, 6.45) is 1.88. The van der Waals surface area contributed by atoms with Crippen LogP contribution in [0.5, 0.6) is 5.75 Å². The molecule has 0 aromatic heterocycles. The lowest BCUT2D eigenvalue weighted by molar-refractivity contribution is -0.114. The molecule has 0 aliphatic carbocycles. The number of carbonyl (C=O) groups excluding carboxylic acids is 2. The first kappa shape index (κ1) is 17.3. The third kappa shape index (κ3) is 4.93. The molecule has 0 fully saturated rings. The molecule has 0 heterocycles. The molecular weight excluding hydrogens is 292 g/mol. The molecule has 0 saturated carbocycles. The molecule has 0 spiro atoms. The summed E-state index contributed by atoms with van der Waals surface area (Å²) in [4.78, 5) is 23.4. The molecule has 6 heteroatoms. The molecule has 5 nitrogen and oxygen atoms in total. The first-order chi connectivity index (χ1) is 9.88. The van der Waals surface area contributed by atoms with E-state index in [1.165, 1.54) is 20.1 Å². The van der Waals surface area contributed by atoms with Gasteiger partial charge in [0.2, 0.25) is 5.91 Å². The Kier molecular flexibility index (Phi) is 6.49. The van der Waals surface area contributed by atoms with Crippen molar-refractivity contribution in [3.8, 4) is 5.75 Å². The van der Waals surface area contributed by atoms with Crippen molar-refractivity contribution in [1.29, 1.82) is 0 Å². The van der Waals surface area contributed by atoms with Crippen LogP contribution in [0.25, 0.3) is 0 Å². The maximum Gasteiger partial charge on any atom is 0.255 e. The third-order valence-corrected chi connectivity index (χ3v) is 3.26. The van der Waals surface area contributed by atoms with Gasteiger partial charge in [0.1, 0.15) is 5.75 Å². The van der Waals surface area contributed by atoms with E-state index >= 15 is 0 Å². The second-order valence-corrected chi connectivity index (χ2v) is 5.28. The van der Waals surface area contributed by atoms with Crippen molar-refractivity contribution < 1.29 is 14.3 Å². The van der Waals surface area contributed by atoms with Crippen LogP contribution in [-0.2, 0) is 4.79 Å². The fourth-order valence-electron chi connectivity index (χ4n) is 1.99. The number of methoxy groups -OCH3 is 1. The molecule has 21 heavy (non-hydrogen) atoms. The van der Waals surface area contributed by atoms with E-state index in [1.54, 1.807) is 6.07 Å². The third-order valence-electron chi connectivity index (χ3n) is 2.94. The summed E-state index contributed by atoms with van der Waals surface area (Å²) in [6, 6.07) is 3.11. The standard InChI is InChI=1S/C15H21ClN2O3/c1-5-6-9(2)17-15(20)11-7-12(16)13(18-10(3)19)8-14(11)21-4/h7-9H,5-6H2,1-4H3,(H,17,20)(H,18,19)/t9-/m1/s1. The molecule has 1 aromatic carbocycles. The Bertz CT molecular complexity index is 532. The summed E-state index contributed by atoms with van der Waals surface area (Å²) >= 11 is 6.09. The summed E-state index contributed by atoms with van der Waals surface area (Å²) in [5.74, 6) is -0.124. The number of benzene rings is 1. The molecule has 0 saturated heterocycles. The van der Waals surface area contributed by atoms with Crippen molar-refractivity contribution in [2.45, 2.75) is 39.7 Å². The van der Waals surface area contributed by atoms with E-state index in [0.717, 1.165) is 12.8 Å². The van der Waals surface area contributed by atoms with Crippen molar-refractivity contribution >= 4 is 29.1 Å². The van der Waals surface area contributed by atoms with Gasteiger partial charge >= 0.3 is 0 Å². The van der Waals surface area contributed by atoms with Crippen LogP contribution < -0.4 is 15.4 Å². The highest BCUT2D eigenvalue weighted by Crippen LogP contribution is 2.31. The van der Waals surface area contributed by atoms with Gasteiger partial charge in [-0.1, -0.05) is 24.9 Å². The van der Waals surface area contributed by atoms with Crippen LogP contribution in [-0.4, -0.2) is 25.0 Å². The van der Waals surface area contributed by atoms with Crippen LogP contribution in [0.2, 0.25) is 5.02 Å². The summed E-state index contributed by atoms with van der Waals surface area (Å²) in [6.45, 7) is 5.39. The van der Waals surface area contributed by atoms with E-state index in [0.29, 0.717) is 22.0 Å². The average Bonchev–Trinajstić information content (AvgIpc) is 2.40. The van der Waals surface area contributed by atoms with Gasteiger partial charge in [-0.25, -0.2) is 0 Å². The lowest BCUT2D eigenvalue weighted by Crippen LogP contribution is -2.32. The second-order valence-electron chi connectivity index (χ2n) is 4.88. The molecule has 0 aliphatic heterocycles. The number of anilines is 1. The summed E-state index contributed by atoms with van der Waals surface area (Å²) in [7, 11) is 1.47. The zero-order valence-corrected chi connectivity index (χ0v) is 13.5. The minimum Gasteiger partial charge on any atom is -0.496 e. The maximum atomic E-state index is 12.3. The molecule has 1 atom stereocenters. The number of amides is 2. The summed E-state index contributed by atoms with van der Waals surface area (Å²) < 4.78 is 5.21. The van der Waals surface area contributed by atoms with E-state index in [9.17, 15) is 9.59 Å². The van der Waals surface area contributed by atoms with Crippen LogP contribution in [0.3, 0.4) is 0 Å². The Morgan fingerprint density at radius 2 is 2.05 bits per heavy atom. The van der Waals surface area contributed by atoms with Crippen LogP contribution in [0.15, 0.2) is 12.1 Å². The van der Waals surface area contributed by atoms with Gasteiger partial charge in [0.15, 0.2) is 0 Å². The molecular formula is C15H21ClN2O3. The maximum absolute atomic E-state index is 12.3. The van der Waals surface area contributed by atoms with E-state index in [4.69, 9.17) is 16.3 Å². The number of rotatable bonds is 6. The van der Waals surface area contributed by atoms with Gasteiger partial charge in [0.05, 0.1) is 23.4 Å². The largest absolute Gasteiger partial charge is 0.496 e. The van der Waals surface area contributed by atoms with Crippen LogP contribution in [0.4, 0.5) is 5.69 Å². The van der Waals surface area contributed by atoms with Crippen molar-refractivity contribution in [3.63, 3.8) is 0 Å². The average molecular weight is 313 g/mol. The lowest BCUT2D eigenvalue weighted by Gasteiger charge is -2.16. The molecule has 1 rings (SSSR count). The Morgan fingerprint density at radius 1 is 1.38 bits per heavy atom. The van der Waals surface area contributed by atoms with E-state index in [-0.39, 0.29) is 17.9 Å². The smallest absolute Gasteiger partial charge is 0.255 e. The van der Waals surface area contributed by atoms with E-state index in [1.807, 2.05) is 6.92 Å². The van der Waals surface area contributed by atoms with Gasteiger partial charge in [-0.05, 0) is 19.4 Å². The molecule has 2 N–H and O–H groups in total. The number of hydrogen-bond acceptors (Lipinski definition) is 3. The number of carbonyl (C=O) groups is 2. The van der Waals surface area contributed by atoms with Gasteiger partial charge in [-0.2, -0.15) is 0 Å². The first-order valence-electron chi connectivity index (χ1n) is 6.85. The van der Waals surface area contributed by atoms with E-state index in [2.05, 4.69) is 17.6 Å². The minimum atomic E-state index is -0.246. The van der Waals surface area contributed by atoms with Gasteiger partial charge < -0.3 is 15.4 Å². The van der Waals surface area contributed by atoms with Crippen LogP contribution in [0, 0.1) is 0 Å². The fraction of sp³-hybridized carbons (Fsp3) is 0.467. The fourth-order valence-corrected chi connectivity index (χ4v) is 2.20. The Labute approximate surface area is 130 Å². The molecule has 116 valence electrons. The summed E-state index contributed by atoms with van der Waals surface area (Å²) in [5.41, 5.74) is 0.763. The van der Waals surface area contributed by atoms with Gasteiger partial charge in [0.25, 0.3) is 5.91 Å². The Balaban J connectivity index is 3.04. The van der Waals surface area contributed by atoms with Crippen molar-refractivity contribution in [2.75, 3.05) is 12.4 Å². The van der Waals surface area contributed by atoms with Gasteiger partial charge in [-0.15, -0.1) is 0 Å². The molecule has 1 aromatic rings. The van der Waals surface area contributed by atoms with E-state index < -0.39 is 0 Å². The molecule has 0 radical (unpaired) electrons. The Morgan fingerprint density at radius 3 is 2.57 bits per heavy atom. The lowest BCUT2D eigenvalue weighted by atomic mass is 10.1. The summed E-state index contributed by atoms with van der Waals surface area (Å²) in [5, 5.41) is 5.78. The normalized spacial score (nSPS) is 11.7. The number of halogens is 1. The second kappa shape index (κ2) is 7.88. The minimum absolute atomic E-state index is 0.0704. The topological polar surface area (TPSA) is 67.4 Å². The quantitative estimate of drug-likeness (QED) is 0.847. The molecule has 2 amide bonds. The van der Waals surface area contributed by atoms with Crippen molar-refractivity contribution in [3.05, 3.63) is 22.7 Å². The highest BCUT2D eigenvalue weighted by atomic mass is 35.5. The monoisotopic (exact) mass is 312 g/mol. The molecule has 0 aliphatic rings. The first-order valence-corrected chi connectivity index (χ1v) is 7.22.